The second kappa shape index (κ2) is 5.13. The number of hydrogen-bond acceptors (Lipinski definition) is 2. The van der Waals surface area contributed by atoms with Gasteiger partial charge in [0.15, 0.2) is 0 Å². The van der Waals surface area contributed by atoms with Crippen LogP contribution < -0.4 is 5.32 Å². The quantitative estimate of drug-likeness (QED) is 0.827. The third-order valence-electron chi connectivity index (χ3n) is 4.76. The minimum Gasteiger partial charge on any atom is -0.380 e. The zero-order valence-corrected chi connectivity index (χ0v) is 12.9. The van der Waals surface area contributed by atoms with Crippen molar-refractivity contribution < 1.29 is 4.74 Å². The van der Waals surface area contributed by atoms with E-state index >= 15 is 0 Å². The van der Waals surface area contributed by atoms with Crippen LogP contribution in [0.15, 0.2) is 0 Å². The molecule has 0 heterocycles. The molecule has 0 aliphatic heterocycles. The Morgan fingerprint density at radius 2 is 1.61 bits per heavy atom. The van der Waals surface area contributed by atoms with Gasteiger partial charge in [-0.3, -0.25) is 0 Å². The second-order valence-electron chi connectivity index (χ2n) is 8.09. The smallest absolute Gasteiger partial charge is 0.0724 e. The fraction of sp³-hybridized carbons (Fsp3) is 1.00. The van der Waals surface area contributed by atoms with Crippen LogP contribution in [0.25, 0.3) is 0 Å². The van der Waals surface area contributed by atoms with Gasteiger partial charge in [-0.2, -0.15) is 0 Å². The van der Waals surface area contributed by atoms with Gasteiger partial charge in [-0.25, -0.2) is 0 Å². The van der Waals surface area contributed by atoms with Crippen molar-refractivity contribution >= 4 is 0 Å². The third kappa shape index (κ3) is 3.48. The number of hydrogen-bond donors (Lipinski definition) is 1. The molecule has 2 aliphatic rings. The highest BCUT2D eigenvalue weighted by Crippen LogP contribution is 2.46. The fourth-order valence-electron chi connectivity index (χ4n) is 4.67. The molecule has 0 spiro atoms. The summed E-state index contributed by atoms with van der Waals surface area (Å²) in [6.45, 7) is 9.69. The van der Waals surface area contributed by atoms with Crippen molar-refractivity contribution in [3.8, 4) is 0 Å². The summed E-state index contributed by atoms with van der Waals surface area (Å²) < 4.78 is 5.61. The zero-order chi connectivity index (χ0) is 13.4. The Labute approximate surface area is 113 Å². The first-order chi connectivity index (χ1) is 8.31. The van der Waals surface area contributed by atoms with Gasteiger partial charge in [0.1, 0.15) is 0 Å². The van der Waals surface area contributed by atoms with E-state index in [1.54, 1.807) is 0 Å². The van der Waals surface area contributed by atoms with E-state index in [0.717, 1.165) is 0 Å². The summed E-state index contributed by atoms with van der Waals surface area (Å²) in [7, 11) is 1.86. The third-order valence-corrected chi connectivity index (χ3v) is 4.76. The van der Waals surface area contributed by atoms with Gasteiger partial charge in [0.25, 0.3) is 0 Å². The Balaban J connectivity index is 1.96. The topological polar surface area (TPSA) is 21.3 Å². The molecule has 2 heteroatoms. The second-order valence-corrected chi connectivity index (χ2v) is 8.09. The van der Waals surface area contributed by atoms with Crippen LogP contribution in [0.4, 0.5) is 0 Å². The van der Waals surface area contributed by atoms with Crippen LogP contribution >= 0.6 is 0 Å². The first-order valence-electron chi connectivity index (χ1n) is 7.60. The van der Waals surface area contributed by atoms with E-state index in [1.165, 1.54) is 38.5 Å². The molecule has 0 aromatic rings. The normalized spacial score (nSPS) is 35.8. The molecule has 2 fully saturated rings. The minimum absolute atomic E-state index is 0.443. The number of rotatable bonds is 3. The van der Waals surface area contributed by atoms with Crippen molar-refractivity contribution in [1.29, 1.82) is 0 Å². The summed E-state index contributed by atoms with van der Waals surface area (Å²) in [5.41, 5.74) is 0.946. The van der Waals surface area contributed by atoms with Crippen LogP contribution in [-0.2, 0) is 4.74 Å². The van der Waals surface area contributed by atoms with Crippen LogP contribution in [-0.4, -0.2) is 25.3 Å². The monoisotopic (exact) mass is 253 g/mol. The Morgan fingerprint density at radius 3 is 2.17 bits per heavy atom. The molecule has 1 N–H and O–H groups in total. The van der Waals surface area contributed by atoms with E-state index in [4.69, 9.17) is 4.74 Å². The van der Waals surface area contributed by atoms with Crippen LogP contribution in [0.5, 0.6) is 0 Å². The Bertz CT molecular complexity index is 269. The molecule has 0 radical (unpaired) electrons. The molecule has 2 rings (SSSR count). The summed E-state index contributed by atoms with van der Waals surface area (Å²) in [5, 5.41) is 3.91. The molecular formula is C16H31NO. The van der Waals surface area contributed by atoms with Crippen molar-refractivity contribution in [3.63, 3.8) is 0 Å². The molecule has 18 heavy (non-hydrogen) atoms. The molecule has 2 atom stereocenters. The van der Waals surface area contributed by atoms with Gasteiger partial charge in [0.2, 0.25) is 0 Å². The fourth-order valence-corrected chi connectivity index (χ4v) is 4.67. The van der Waals surface area contributed by atoms with Crippen LogP contribution in [0.1, 0.15) is 66.2 Å². The highest BCUT2D eigenvalue weighted by Gasteiger charge is 2.40. The van der Waals surface area contributed by atoms with Gasteiger partial charge in [0.05, 0.1) is 6.10 Å². The number of methoxy groups -OCH3 is 1. The van der Waals surface area contributed by atoms with Crippen LogP contribution in [0.3, 0.4) is 0 Å². The average Bonchev–Trinajstić information content (AvgIpc) is 2.59. The van der Waals surface area contributed by atoms with E-state index < -0.39 is 0 Å². The molecule has 2 aliphatic carbocycles. The predicted octanol–water partition coefficient (Wildman–Crippen LogP) is 3.75. The maximum atomic E-state index is 5.61. The Kier molecular flexibility index (Phi) is 4.08. The largest absolute Gasteiger partial charge is 0.380 e. The molecule has 0 aromatic carbocycles. The number of ether oxygens (including phenoxy) is 1. The maximum absolute atomic E-state index is 5.61. The highest BCUT2D eigenvalue weighted by atomic mass is 16.5. The molecule has 0 amide bonds. The lowest BCUT2D eigenvalue weighted by Gasteiger charge is -2.46. The Morgan fingerprint density at radius 1 is 1.00 bits per heavy atom. The molecule has 0 saturated heterocycles. The van der Waals surface area contributed by atoms with E-state index in [0.29, 0.717) is 29.0 Å². The number of nitrogens with one attached hydrogen (secondary N) is 1. The zero-order valence-electron chi connectivity index (χ0n) is 12.9. The molecule has 106 valence electrons. The van der Waals surface area contributed by atoms with Crippen molar-refractivity contribution in [1.82, 2.24) is 5.32 Å². The predicted molar refractivity (Wildman–Crippen MR) is 76.8 cm³/mol. The van der Waals surface area contributed by atoms with Gasteiger partial charge in [-0.15, -0.1) is 0 Å². The minimum atomic E-state index is 0.443. The van der Waals surface area contributed by atoms with E-state index in [1.807, 2.05) is 7.11 Å². The molecule has 2 nitrogen and oxygen atoms in total. The molecule has 2 unspecified atom stereocenters. The van der Waals surface area contributed by atoms with Gasteiger partial charge < -0.3 is 10.1 Å². The highest BCUT2D eigenvalue weighted by molar-refractivity contribution is 4.95. The van der Waals surface area contributed by atoms with Crippen LogP contribution in [0, 0.1) is 10.8 Å². The summed E-state index contributed by atoms with van der Waals surface area (Å²) in [6, 6.07) is 1.26. The molecule has 0 aromatic heterocycles. The van der Waals surface area contributed by atoms with E-state index in [9.17, 15) is 0 Å². The van der Waals surface area contributed by atoms with Crippen molar-refractivity contribution in [3.05, 3.63) is 0 Å². The molecule has 0 bridgehead atoms. The summed E-state index contributed by atoms with van der Waals surface area (Å²) >= 11 is 0. The summed E-state index contributed by atoms with van der Waals surface area (Å²) in [4.78, 5) is 0. The van der Waals surface area contributed by atoms with E-state index in [2.05, 4.69) is 33.0 Å². The van der Waals surface area contributed by atoms with Crippen molar-refractivity contribution in [2.24, 2.45) is 10.8 Å². The van der Waals surface area contributed by atoms with Gasteiger partial charge >= 0.3 is 0 Å². The van der Waals surface area contributed by atoms with Gasteiger partial charge in [0, 0.05) is 19.2 Å². The van der Waals surface area contributed by atoms with Gasteiger partial charge in [-0.05, 0) is 49.4 Å². The van der Waals surface area contributed by atoms with E-state index in [-0.39, 0.29) is 0 Å². The summed E-state index contributed by atoms with van der Waals surface area (Å²) in [6.07, 6.45) is 8.24. The lowest BCUT2D eigenvalue weighted by Crippen LogP contribution is -2.49. The average molecular weight is 253 g/mol. The maximum Gasteiger partial charge on any atom is 0.0724 e. The summed E-state index contributed by atoms with van der Waals surface area (Å²) in [5.74, 6) is 0. The lowest BCUT2D eigenvalue weighted by molar-refractivity contribution is 0.0499. The van der Waals surface area contributed by atoms with Crippen LogP contribution in [0.2, 0.25) is 0 Å². The SMILES string of the molecule is COC1CCCC1NC1CC(C)(C)CC(C)(C)C1. The standard InChI is InChI=1S/C16H31NO/c1-15(2)9-12(10-16(3,4)11-15)17-13-7-6-8-14(13)18-5/h12-14,17H,6-11H2,1-5H3. The Hall–Kier alpha value is -0.0800. The first-order valence-corrected chi connectivity index (χ1v) is 7.60. The van der Waals surface area contributed by atoms with Gasteiger partial charge in [-0.1, -0.05) is 27.7 Å². The molecular weight excluding hydrogens is 222 g/mol. The molecule has 2 saturated carbocycles. The lowest BCUT2D eigenvalue weighted by atomic mass is 9.63. The van der Waals surface area contributed by atoms with Crippen molar-refractivity contribution in [2.75, 3.05) is 7.11 Å². The first kappa shape index (κ1) is 14.3. The van der Waals surface area contributed by atoms with Crippen molar-refractivity contribution in [2.45, 2.75) is 84.4 Å².